The van der Waals surface area contributed by atoms with Crippen molar-refractivity contribution in [3.05, 3.63) is 71.8 Å². The van der Waals surface area contributed by atoms with Gasteiger partial charge in [0.15, 0.2) is 0 Å². The Morgan fingerprint density at radius 3 is 1.73 bits per heavy atom. The first-order valence-electron chi connectivity index (χ1n) is 10.3. The van der Waals surface area contributed by atoms with E-state index in [2.05, 4.69) is 87.0 Å². The van der Waals surface area contributed by atoms with Crippen molar-refractivity contribution in [1.29, 1.82) is 0 Å². The zero-order chi connectivity index (χ0) is 20.9. The number of rotatable bonds is 5. The second kappa shape index (κ2) is 16.6. The third kappa shape index (κ3) is 10.6. The van der Waals surface area contributed by atoms with Crippen molar-refractivity contribution in [2.24, 2.45) is 0 Å². The number of hydrogen-bond donors (Lipinski definition) is 1. The number of likely N-dealkylation sites (tertiary alicyclic amines) is 2. The standard InChI is InChI=1S/C12H17NO.C11H15NO.CH3I.Na.H/c1-14-12-7-8-13(10-12)9-11-5-3-2-4-6-11;13-11-6-7-12(9-11)8-10-4-2-1-3-5-10;1-2;;/h2-6,12H,7-10H2,1H3;1-5,11,13H,6-9H2;1H3;;/q;;;+1;-1/t12-;11-;;;/m11.../s1. The van der Waals surface area contributed by atoms with E-state index in [4.69, 9.17) is 4.74 Å². The van der Waals surface area contributed by atoms with E-state index < -0.39 is 0 Å². The van der Waals surface area contributed by atoms with Gasteiger partial charge in [-0.2, -0.15) is 0 Å². The third-order valence-corrected chi connectivity index (χ3v) is 5.31. The number of aliphatic hydroxyl groups is 1. The second-order valence-electron chi connectivity index (χ2n) is 7.53. The van der Waals surface area contributed by atoms with Gasteiger partial charge in [-0.05, 0) is 28.9 Å². The molecule has 2 aliphatic rings. The molecule has 0 aromatic heterocycles. The molecule has 0 unspecified atom stereocenters. The van der Waals surface area contributed by atoms with Gasteiger partial charge in [-0.15, -0.1) is 0 Å². The van der Waals surface area contributed by atoms with E-state index in [0.29, 0.717) is 6.10 Å². The van der Waals surface area contributed by atoms with Crippen LogP contribution in [0.4, 0.5) is 0 Å². The van der Waals surface area contributed by atoms with Gasteiger partial charge >= 0.3 is 29.6 Å². The molecule has 0 amide bonds. The Hall–Kier alpha value is 0.01000. The summed E-state index contributed by atoms with van der Waals surface area (Å²) >= 11 is 2.15. The minimum absolute atomic E-state index is 0. The van der Waals surface area contributed by atoms with Gasteiger partial charge in [0.1, 0.15) is 0 Å². The van der Waals surface area contributed by atoms with Gasteiger partial charge in [0.05, 0.1) is 12.2 Å². The molecule has 0 saturated carbocycles. The fraction of sp³-hybridized carbons (Fsp3) is 0.500. The van der Waals surface area contributed by atoms with E-state index in [1.54, 1.807) is 7.11 Å². The van der Waals surface area contributed by atoms with Crippen LogP contribution in [0.15, 0.2) is 60.7 Å². The van der Waals surface area contributed by atoms with Crippen LogP contribution in [-0.2, 0) is 17.8 Å². The van der Waals surface area contributed by atoms with Gasteiger partial charge in [-0.25, -0.2) is 0 Å². The van der Waals surface area contributed by atoms with Crippen molar-refractivity contribution in [2.75, 3.05) is 38.2 Å². The number of methoxy groups -OCH3 is 1. The second-order valence-corrected chi connectivity index (χ2v) is 7.53. The summed E-state index contributed by atoms with van der Waals surface area (Å²) in [6.45, 7) is 6.11. The average Bonchev–Trinajstić information content (AvgIpc) is 3.40. The summed E-state index contributed by atoms with van der Waals surface area (Å²) in [5.41, 5.74) is 2.72. The Morgan fingerprint density at radius 1 is 0.867 bits per heavy atom. The zero-order valence-corrected chi connectivity index (χ0v) is 22.9. The zero-order valence-electron chi connectivity index (χ0n) is 19.7. The Bertz CT molecular complexity index is 669. The van der Waals surface area contributed by atoms with Crippen LogP contribution < -0.4 is 29.6 Å². The minimum atomic E-state index is -0.108. The van der Waals surface area contributed by atoms with Gasteiger partial charge in [0.25, 0.3) is 0 Å². The molecule has 4 nitrogen and oxygen atoms in total. The monoisotopic (exact) mass is 534 g/mol. The van der Waals surface area contributed by atoms with Crippen molar-refractivity contribution < 1.29 is 40.8 Å². The number of aliphatic hydroxyl groups excluding tert-OH is 1. The summed E-state index contributed by atoms with van der Waals surface area (Å²) < 4.78 is 5.34. The molecule has 6 heteroatoms. The molecule has 4 rings (SSSR count). The van der Waals surface area contributed by atoms with Gasteiger partial charge in [-0.3, -0.25) is 9.80 Å². The van der Waals surface area contributed by atoms with Crippen LogP contribution >= 0.6 is 22.6 Å². The van der Waals surface area contributed by atoms with E-state index in [1.165, 1.54) is 17.5 Å². The van der Waals surface area contributed by atoms with Crippen molar-refractivity contribution in [2.45, 2.75) is 38.1 Å². The molecule has 0 radical (unpaired) electrons. The quantitative estimate of drug-likeness (QED) is 0.357. The predicted octanol–water partition coefficient (Wildman–Crippen LogP) is 1.33. The molecular weight excluding hydrogens is 498 g/mol. The molecule has 2 fully saturated rings. The Balaban J connectivity index is 0.000000508. The molecule has 162 valence electrons. The van der Waals surface area contributed by atoms with Gasteiger partial charge in [-0.1, -0.05) is 83.3 Å². The SMILES string of the molecule is CI.CO[C@@H]1CCN(Cc2ccccc2)C1.O[C@@H]1CCN(Cc2ccccc2)C1.[H-].[Na+]. The third-order valence-electron chi connectivity index (χ3n) is 5.31. The summed E-state index contributed by atoms with van der Waals surface area (Å²) in [6, 6.07) is 21.0. The van der Waals surface area contributed by atoms with Gasteiger partial charge in [0, 0.05) is 46.4 Å². The van der Waals surface area contributed by atoms with Crippen LogP contribution in [0, 0.1) is 0 Å². The molecule has 0 spiro atoms. The molecule has 1 N–H and O–H groups in total. The maximum Gasteiger partial charge on any atom is 1.00 e. The molecule has 2 aliphatic heterocycles. The number of nitrogens with zero attached hydrogens (tertiary/aromatic N) is 2. The van der Waals surface area contributed by atoms with Gasteiger partial charge in [0.2, 0.25) is 0 Å². The summed E-state index contributed by atoms with van der Waals surface area (Å²) in [7, 11) is 1.80. The van der Waals surface area contributed by atoms with Crippen LogP contribution in [0.5, 0.6) is 0 Å². The van der Waals surface area contributed by atoms with Crippen molar-refractivity contribution >= 4 is 22.6 Å². The van der Waals surface area contributed by atoms with Crippen molar-refractivity contribution in [3.8, 4) is 0 Å². The fourth-order valence-electron chi connectivity index (χ4n) is 3.77. The van der Waals surface area contributed by atoms with E-state index >= 15 is 0 Å². The van der Waals surface area contributed by atoms with E-state index in [1.807, 2.05) is 11.0 Å². The van der Waals surface area contributed by atoms with E-state index in [9.17, 15) is 5.11 Å². The Kier molecular flexibility index (Phi) is 15.5. The Labute approximate surface area is 219 Å². The minimum Gasteiger partial charge on any atom is -1.00 e. The number of alkyl halides is 1. The summed E-state index contributed by atoms with van der Waals surface area (Å²) in [6.07, 6.45) is 2.43. The maximum absolute atomic E-state index is 9.34. The number of halogens is 1. The predicted molar refractivity (Wildman–Crippen MR) is 131 cm³/mol. The molecule has 2 aromatic rings. The van der Waals surface area contributed by atoms with E-state index in [-0.39, 0.29) is 37.1 Å². The molecule has 0 bridgehead atoms. The number of hydrogen-bond acceptors (Lipinski definition) is 4. The normalized spacial score (nSPS) is 21.1. The topological polar surface area (TPSA) is 35.9 Å². The summed E-state index contributed by atoms with van der Waals surface area (Å²) in [5, 5.41) is 9.34. The van der Waals surface area contributed by atoms with Crippen LogP contribution in [0.1, 0.15) is 25.4 Å². The van der Waals surface area contributed by atoms with Crippen LogP contribution in [0.3, 0.4) is 0 Å². The maximum atomic E-state index is 9.34. The molecule has 2 aromatic carbocycles. The summed E-state index contributed by atoms with van der Waals surface area (Å²) in [4.78, 5) is 6.71. The first-order valence-corrected chi connectivity index (χ1v) is 12.5. The van der Waals surface area contributed by atoms with Crippen LogP contribution in [0.2, 0.25) is 0 Å². The first-order chi connectivity index (χ1) is 14.2. The summed E-state index contributed by atoms with van der Waals surface area (Å²) in [5.74, 6) is 0. The molecular formula is C24H36IN2NaO2. The molecule has 0 aliphatic carbocycles. The Morgan fingerprint density at radius 2 is 1.33 bits per heavy atom. The van der Waals surface area contributed by atoms with Crippen LogP contribution in [0.25, 0.3) is 0 Å². The smallest absolute Gasteiger partial charge is 1.00 e. The molecule has 2 saturated heterocycles. The number of benzene rings is 2. The molecule has 30 heavy (non-hydrogen) atoms. The van der Waals surface area contributed by atoms with Crippen molar-refractivity contribution in [1.82, 2.24) is 9.80 Å². The van der Waals surface area contributed by atoms with Crippen LogP contribution in [-0.4, -0.2) is 65.3 Å². The fourth-order valence-corrected chi connectivity index (χ4v) is 3.77. The van der Waals surface area contributed by atoms with Gasteiger partial charge < -0.3 is 11.3 Å². The van der Waals surface area contributed by atoms with Crippen molar-refractivity contribution in [3.63, 3.8) is 0 Å². The molecule has 2 heterocycles. The number of ether oxygens (including phenoxy) is 1. The van der Waals surface area contributed by atoms with E-state index in [0.717, 1.165) is 45.7 Å². The first kappa shape index (κ1) is 28.0. The molecule has 2 atom stereocenters. The largest absolute Gasteiger partial charge is 1.00 e. The average molecular weight is 534 g/mol. The number of β-amino-alcohol motifs (C(OH)–C–C–N with tert-alkyl or cyclic N) is 1.